The number of furan rings is 1. The molecule has 134 valence electrons. The van der Waals surface area contributed by atoms with Gasteiger partial charge in [0, 0.05) is 5.69 Å². The van der Waals surface area contributed by atoms with Crippen LogP contribution in [0.3, 0.4) is 0 Å². The Hall–Kier alpha value is -2.97. The molecule has 3 rings (SSSR count). The average molecular weight is 374 g/mol. The zero-order chi connectivity index (χ0) is 18.7. The average Bonchev–Trinajstić information content (AvgIpc) is 3.06. The van der Waals surface area contributed by atoms with Crippen LogP contribution in [-0.4, -0.2) is 14.3 Å². The Kier molecular flexibility index (Phi) is 4.88. The number of rotatable bonds is 5. The molecule has 0 radical (unpaired) electrons. The second-order valence-corrected chi connectivity index (χ2v) is 7.22. The first-order chi connectivity index (χ1) is 12.3. The van der Waals surface area contributed by atoms with Crippen LogP contribution in [0, 0.1) is 5.82 Å². The zero-order valence-electron chi connectivity index (χ0n) is 13.5. The fourth-order valence-corrected chi connectivity index (χ4v) is 3.03. The van der Waals surface area contributed by atoms with E-state index in [0.29, 0.717) is 11.3 Å². The van der Waals surface area contributed by atoms with Crippen LogP contribution in [0.5, 0.6) is 0 Å². The largest absolute Gasteiger partial charge is 0.451 e. The molecule has 3 aromatic rings. The maximum absolute atomic E-state index is 13.8. The highest BCUT2D eigenvalue weighted by Gasteiger charge is 2.14. The molecule has 26 heavy (non-hydrogen) atoms. The first kappa shape index (κ1) is 17.8. The van der Waals surface area contributed by atoms with Crippen LogP contribution >= 0.6 is 0 Å². The van der Waals surface area contributed by atoms with Crippen molar-refractivity contribution in [1.29, 1.82) is 0 Å². The highest BCUT2D eigenvalue weighted by Crippen LogP contribution is 2.25. The van der Waals surface area contributed by atoms with Gasteiger partial charge in [-0.3, -0.25) is 4.79 Å². The minimum atomic E-state index is -3.62. The van der Waals surface area contributed by atoms with Gasteiger partial charge in [0.15, 0.2) is 5.76 Å². The van der Waals surface area contributed by atoms with Gasteiger partial charge in [-0.2, -0.15) is 0 Å². The summed E-state index contributed by atoms with van der Waals surface area (Å²) in [6, 6.07) is 15.3. The monoisotopic (exact) mass is 374 g/mol. The number of halogens is 1. The van der Waals surface area contributed by atoms with Gasteiger partial charge in [-0.25, -0.2) is 17.9 Å². The molecule has 0 bridgehead atoms. The molecule has 0 aliphatic heterocycles. The van der Waals surface area contributed by atoms with E-state index < -0.39 is 21.7 Å². The number of benzene rings is 2. The van der Waals surface area contributed by atoms with Gasteiger partial charge in [0.05, 0.1) is 11.3 Å². The van der Waals surface area contributed by atoms with E-state index in [2.05, 4.69) is 5.32 Å². The third kappa shape index (κ3) is 4.35. The molecule has 0 aliphatic carbocycles. The van der Waals surface area contributed by atoms with E-state index in [9.17, 15) is 17.6 Å². The lowest BCUT2D eigenvalue weighted by Crippen LogP contribution is -2.14. The predicted octanol–water partition coefficient (Wildman–Crippen LogP) is 3.13. The lowest BCUT2D eigenvalue weighted by atomic mass is 10.1. The first-order valence-electron chi connectivity index (χ1n) is 7.57. The fraction of sp³-hybridized carbons (Fsp3) is 0.0556. The summed E-state index contributed by atoms with van der Waals surface area (Å²) in [5, 5.41) is 7.61. The third-order valence-corrected chi connectivity index (χ3v) is 4.28. The van der Waals surface area contributed by atoms with E-state index in [1.165, 1.54) is 18.2 Å². The van der Waals surface area contributed by atoms with E-state index in [1.807, 2.05) is 0 Å². The van der Waals surface area contributed by atoms with Crippen molar-refractivity contribution >= 4 is 21.6 Å². The number of hydrogen-bond acceptors (Lipinski definition) is 4. The minimum Gasteiger partial charge on any atom is -0.451 e. The van der Waals surface area contributed by atoms with Crippen molar-refractivity contribution in [1.82, 2.24) is 0 Å². The normalized spacial score (nSPS) is 11.3. The number of nitrogens with two attached hydrogens (primary N) is 1. The van der Waals surface area contributed by atoms with E-state index in [1.54, 1.807) is 42.5 Å². The summed E-state index contributed by atoms with van der Waals surface area (Å²) in [5.41, 5.74) is 1.22. The van der Waals surface area contributed by atoms with Gasteiger partial charge >= 0.3 is 0 Å². The molecule has 2 aromatic carbocycles. The smallest absolute Gasteiger partial charge is 0.291 e. The van der Waals surface area contributed by atoms with Crippen LogP contribution in [0.4, 0.5) is 10.1 Å². The van der Waals surface area contributed by atoms with Crippen molar-refractivity contribution in [3.63, 3.8) is 0 Å². The fourth-order valence-electron chi connectivity index (χ4n) is 2.38. The van der Waals surface area contributed by atoms with Crippen LogP contribution < -0.4 is 10.5 Å². The molecule has 0 fully saturated rings. The zero-order valence-corrected chi connectivity index (χ0v) is 14.3. The molecule has 0 aliphatic rings. The minimum absolute atomic E-state index is 0.0249. The quantitative estimate of drug-likeness (QED) is 0.716. The molecular formula is C18H15FN2O4S. The number of carbonyl (C=O) groups excluding carboxylic acids is 1. The van der Waals surface area contributed by atoms with Gasteiger partial charge < -0.3 is 9.73 Å². The Morgan fingerprint density at radius 1 is 1.04 bits per heavy atom. The molecule has 0 spiro atoms. The van der Waals surface area contributed by atoms with Crippen LogP contribution in [0.2, 0.25) is 0 Å². The van der Waals surface area contributed by atoms with Crippen LogP contribution in [0.1, 0.15) is 16.1 Å². The van der Waals surface area contributed by atoms with Gasteiger partial charge in [0.1, 0.15) is 11.6 Å². The number of hydrogen-bond donors (Lipinski definition) is 2. The Morgan fingerprint density at radius 3 is 2.38 bits per heavy atom. The van der Waals surface area contributed by atoms with Crippen molar-refractivity contribution in [3.8, 4) is 11.3 Å². The number of primary sulfonamides is 1. The highest BCUT2D eigenvalue weighted by atomic mass is 32.2. The predicted molar refractivity (Wildman–Crippen MR) is 95.3 cm³/mol. The summed E-state index contributed by atoms with van der Waals surface area (Å²) in [4.78, 5) is 12.2. The SMILES string of the molecule is NS(=O)(=O)Cc1ccc(NC(=O)c2ccc(-c3ccccc3F)o2)cc1. The molecule has 3 N–H and O–H groups in total. The van der Waals surface area contributed by atoms with Gasteiger partial charge in [-0.05, 0) is 42.0 Å². The summed E-state index contributed by atoms with van der Waals surface area (Å²) in [6.07, 6.45) is 0. The van der Waals surface area contributed by atoms with Crippen molar-refractivity contribution < 1.29 is 22.0 Å². The molecule has 0 atom stereocenters. The van der Waals surface area contributed by atoms with E-state index in [4.69, 9.17) is 9.56 Å². The Bertz CT molecular complexity index is 1040. The number of nitrogens with one attached hydrogen (secondary N) is 1. The van der Waals surface area contributed by atoms with Gasteiger partial charge in [-0.15, -0.1) is 0 Å². The summed E-state index contributed by atoms with van der Waals surface area (Å²) >= 11 is 0. The molecule has 1 amide bonds. The summed E-state index contributed by atoms with van der Waals surface area (Å²) in [5.74, 6) is -0.967. The van der Waals surface area contributed by atoms with Gasteiger partial charge in [0.25, 0.3) is 5.91 Å². The number of amides is 1. The molecule has 6 nitrogen and oxygen atoms in total. The van der Waals surface area contributed by atoms with Gasteiger partial charge in [0.2, 0.25) is 10.0 Å². The van der Waals surface area contributed by atoms with Crippen molar-refractivity contribution in [2.45, 2.75) is 5.75 Å². The Balaban J connectivity index is 1.72. The Morgan fingerprint density at radius 2 is 1.73 bits per heavy atom. The van der Waals surface area contributed by atoms with E-state index in [-0.39, 0.29) is 22.8 Å². The molecule has 8 heteroatoms. The highest BCUT2D eigenvalue weighted by molar-refractivity contribution is 7.88. The molecule has 1 aromatic heterocycles. The molecular weight excluding hydrogens is 359 g/mol. The van der Waals surface area contributed by atoms with E-state index >= 15 is 0 Å². The summed E-state index contributed by atoms with van der Waals surface area (Å²) in [7, 11) is -3.62. The maximum Gasteiger partial charge on any atom is 0.291 e. The standard InChI is InChI=1S/C18H15FN2O4S/c19-15-4-2-1-3-14(15)16-9-10-17(25-16)18(22)21-13-7-5-12(6-8-13)11-26(20,23)24/h1-10H,11H2,(H,21,22)(H2,20,23,24). The second kappa shape index (κ2) is 7.11. The van der Waals surface area contributed by atoms with Crippen molar-refractivity contribution in [2.24, 2.45) is 5.14 Å². The van der Waals surface area contributed by atoms with Crippen LogP contribution in [0.15, 0.2) is 65.1 Å². The number of carbonyl (C=O) groups is 1. The van der Waals surface area contributed by atoms with Crippen LogP contribution in [-0.2, 0) is 15.8 Å². The first-order valence-corrected chi connectivity index (χ1v) is 9.29. The lowest BCUT2D eigenvalue weighted by Gasteiger charge is -2.05. The topological polar surface area (TPSA) is 102 Å². The number of sulfonamides is 1. The lowest BCUT2D eigenvalue weighted by molar-refractivity contribution is 0.0997. The van der Waals surface area contributed by atoms with Crippen molar-refractivity contribution in [3.05, 3.63) is 77.8 Å². The third-order valence-electron chi connectivity index (χ3n) is 3.55. The second-order valence-electron chi connectivity index (χ2n) is 5.60. The van der Waals surface area contributed by atoms with Crippen LogP contribution in [0.25, 0.3) is 11.3 Å². The molecule has 0 saturated heterocycles. The van der Waals surface area contributed by atoms with Crippen molar-refractivity contribution in [2.75, 3.05) is 5.32 Å². The number of anilines is 1. The summed E-state index contributed by atoms with van der Waals surface area (Å²) in [6.45, 7) is 0. The maximum atomic E-state index is 13.8. The summed E-state index contributed by atoms with van der Waals surface area (Å²) < 4.78 is 41.3. The van der Waals surface area contributed by atoms with Gasteiger partial charge in [-0.1, -0.05) is 24.3 Å². The van der Waals surface area contributed by atoms with E-state index in [0.717, 1.165) is 0 Å². The Labute approximate surface area is 149 Å². The molecule has 0 unspecified atom stereocenters. The molecule has 1 heterocycles. The molecule has 0 saturated carbocycles.